The molecule has 1 fully saturated rings. The second-order valence-corrected chi connectivity index (χ2v) is 7.66. The van der Waals surface area contributed by atoms with E-state index >= 15 is 0 Å². The summed E-state index contributed by atoms with van der Waals surface area (Å²) in [5.74, 6) is -0.381. The molecule has 1 aliphatic heterocycles. The summed E-state index contributed by atoms with van der Waals surface area (Å²) >= 11 is 0. The average Bonchev–Trinajstić information content (AvgIpc) is 2.59. The lowest BCUT2D eigenvalue weighted by Crippen LogP contribution is -2.53. The minimum absolute atomic E-state index is 0.0811. The van der Waals surface area contributed by atoms with Crippen molar-refractivity contribution in [1.82, 2.24) is 9.80 Å². The highest BCUT2D eigenvalue weighted by atomic mass is 19.1. The van der Waals surface area contributed by atoms with Crippen LogP contribution in [0, 0.1) is 5.82 Å². The summed E-state index contributed by atoms with van der Waals surface area (Å²) in [4.78, 5) is 28.9. The standard InChI is InChI=1S/C20H29FN2O3/c1-5-22(14-15-9-11-16(21)12-10-15)18(24)17-8-6-7-13-23(17)19(25)26-20(2,3)4/h9-12,17H,5-8,13-14H2,1-4H3/t17-/m0/s1. The number of rotatable bonds is 4. The van der Waals surface area contributed by atoms with Crippen LogP contribution in [0.2, 0.25) is 0 Å². The third kappa shape index (κ3) is 5.44. The molecule has 26 heavy (non-hydrogen) atoms. The Morgan fingerprint density at radius 3 is 2.46 bits per heavy atom. The third-order valence-electron chi connectivity index (χ3n) is 4.40. The van der Waals surface area contributed by atoms with Gasteiger partial charge in [0.1, 0.15) is 17.5 Å². The number of benzene rings is 1. The number of nitrogens with zero attached hydrogens (tertiary/aromatic N) is 2. The Balaban J connectivity index is 2.11. The van der Waals surface area contributed by atoms with Gasteiger partial charge in [-0.3, -0.25) is 9.69 Å². The molecule has 1 aromatic rings. The summed E-state index contributed by atoms with van der Waals surface area (Å²) < 4.78 is 18.6. The van der Waals surface area contributed by atoms with E-state index in [1.807, 2.05) is 27.7 Å². The minimum atomic E-state index is -0.597. The zero-order chi connectivity index (χ0) is 19.3. The maximum absolute atomic E-state index is 13.1. The number of likely N-dealkylation sites (tertiary alicyclic amines) is 1. The van der Waals surface area contributed by atoms with Crippen molar-refractivity contribution in [2.24, 2.45) is 0 Å². The van der Waals surface area contributed by atoms with Crippen LogP contribution < -0.4 is 0 Å². The molecule has 0 bridgehead atoms. The Morgan fingerprint density at radius 2 is 1.88 bits per heavy atom. The number of amides is 2. The second kappa shape index (κ2) is 8.52. The van der Waals surface area contributed by atoms with Gasteiger partial charge in [0.05, 0.1) is 0 Å². The van der Waals surface area contributed by atoms with E-state index in [2.05, 4.69) is 0 Å². The van der Waals surface area contributed by atoms with Crippen molar-refractivity contribution in [3.8, 4) is 0 Å². The number of hydrogen-bond acceptors (Lipinski definition) is 3. The molecule has 2 rings (SSSR count). The number of hydrogen-bond donors (Lipinski definition) is 0. The van der Waals surface area contributed by atoms with Gasteiger partial charge in [-0.25, -0.2) is 9.18 Å². The molecule has 0 radical (unpaired) electrons. The van der Waals surface area contributed by atoms with Crippen LogP contribution in [0.5, 0.6) is 0 Å². The van der Waals surface area contributed by atoms with Crippen LogP contribution in [0.25, 0.3) is 0 Å². The van der Waals surface area contributed by atoms with Crippen molar-refractivity contribution >= 4 is 12.0 Å². The number of halogens is 1. The van der Waals surface area contributed by atoms with Crippen molar-refractivity contribution < 1.29 is 18.7 Å². The minimum Gasteiger partial charge on any atom is -0.444 e. The van der Waals surface area contributed by atoms with Gasteiger partial charge >= 0.3 is 6.09 Å². The summed E-state index contributed by atoms with van der Waals surface area (Å²) in [6.07, 6.45) is 1.97. The Labute approximate surface area is 155 Å². The second-order valence-electron chi connectivity index (χ2n) is 7.66. The van der Waals surface area contributed by atoms with E-state index in [9.17, 15) is 14.0 Å². The zero-order valence-electron chi connectivity index (χ0n) is 16.1. The Kier molecular flexibility index (Phi) is 6.62. The average molecular weight is 364 g/mol. The molecular formula is C20H29FN2O3. The summed E-state index contributed by atoms with van der Waals surface area (Å²) in [6.45, 7) is 8.81. The quantitative estimate of drug-likeness (QED) is 0.812. The molecule has 1 heterocycles. The molecule has 1 aliphatic rings. The highest BCUT2D eigenvalue weighted by Crippen LogP contribution is 2.23. The molecule has 0 unspecified atom stereocenters. The van der Waals surface area contributed by atoms with Gasteiger partial charge in [0.25, 0.3) is 0 Å². The van der Waals surface area contributed by atoms with Crippen molar-refractivity contribution in [2.75, 3.05) is 13.1 Å². The van der Waals surface area contributed by atoms with Gasteiger partial charge in [-0.05, 0) is 64.7 Å². The van der Waals surface area contributed by atoms with Crippen molar-refractivity contribution in [2.45, 2.75) is 65.1 Å². The van der Waals surface area contributed by atoms with Crippen LogP contribution in [-0.2, 0) is 16.1 Å². The molecule has 0 aromatic heterocycles. The van der Waals surface area contributed by atoms with Crippen molar-refractivity contribution in [3.05, 3.63) is 35.6 Å². The first-order valence-corrected chi connectivity index (χ1v) is 9.24. The van der Waals surface area contributed by atoms with Gasteiger partial charge in [0.2, 0.25) is 5.91 Å². The molecule has 0 saturated carbocycles. The fourth-order valence-corrected chi connectivity index (χ4v) is 3.09. The SMILES string of the molecule is CCN(Cc1ccc(F)cc1)C(=O)[C@@H]1CCCCN1C(=O)OC(C)(C)C. The Morgan fingerprint density at radius 1 is 1.23 bits per heavy atom. The van der Waals surface area contributed by atoms with E-state index in [-0.39, 0.29) is 11.7 Å². The van der Waals surface area contributed by atoms with Gasteiger partial charge in [0.15, 0.2) is 0 Å². The Bertz CT molecular complexity index is 625. The number of likely N-dealkylation sites (N-methyl/N-ethyl adjacent to an activating group) is 1. The summed E-state index contributed by atoms with van der Waals surface area (Å²) in [5, 5.41) is 0. The first-order chi connectivity index (χ1) is 12.2. The molecule has 1 atom stereocenters. The fraction of sp³-hybridized carbons (Fsp3) is 0.600. The van der Waals surface area contributed by atoms with Gasteiger partial charge < -0.3 is 9.64 Å². The highest BCUT2D eigenvalue weighted by molar-refractivity contribution is 5.86. The molecule has 1 saturated heterocycles. The first-order valence-electron chi connectivity index (χ1n) is 9.24. The maximum atomic E-state index is 13.1. The first kappa shape index (κ1) is 20.2. The molecular weight excluding hydrogens is 335 g/mol. The lowest BCUT2D eigenvalue weighted by Gasteiger charge is -2.38. The molecule has 5 nitrogen and oxygen atoms in total. The van der Waals surface area contributed by atoms with Gasteiger partial charge in [0, 0.05) is 19.6 Å². The van der Waals surface area contributed by atoms with Gasteiger partial charge in [-0.1, -0.05) is 12.1 Å². The number of ether oxygens (including phenoxy) is 1. The zero-order valence-corrected chi connectivity index (χ0v) is 16.1. The highest BCUT2D eigenvalue weighted by Gasteiger charge is 2.36. The van der Waals surface area contributed by atoms with E-state index in [0.717, 1.165) is 18.4 Å². The normalized spacial score (nSPS) is 17.7. The van der Waals surface area contributed by atoms with E-state index in [1.54, 1.807) is 21.9 Å². The van der Waals surface area contributed by atoms with Gasteiger partial charge in [-0.2, -0.15) is 0 Å². The fourth-order valence-electron chi connectivity index (χ4n) is 3.09. The van der Waals surface area contributed by atoms with Crippen LogP contribution in [0.15, 0.2) is 24.3 Å². The van der Waals surface area contributed by atoms with Crippen LogP contribution in [0.3, 0.4) is 0 Å². The molecule has 144 valence electrons. The van der Waals surface area contributed by atoms with E-state index in [4.69, 9.17) is 4.74 Å². The topological polar surface area (TPSA) is 49.9 Å². The number of piperidine rings is 1. The predicted octanol–water partition coefficient (Wildman–Crippen LogP) is 3.96. The van der Waals surface area contributed by atoms with Crippen molar-refractivity contribution in [3.63, 3.8) is 0 Å². The van der Waals surface area contributed by atoms with E-state index < -0.39 is 17.7 Å². The molecule has 2 amide bonds. The van der Waals surface area contributed by atoms with Crippen LogP contribution in [0.4, 0.5) is 9.18 Å². The smallest absolute Gasteiger partial charge is 0.410 e. The summed E-state index contributed by atoms with van der Waals surface area (Å²) in [5.41, 5.74) is 0.266. The lowest BCUT2D eigenvalue weighted by atomic mass is 10.0. The van der Waals surface area contributed by atoms with Crippen LogP contribution >= 0.6 is 0 Å². The van der Waals surface area contributed by atoms with Crippen LogP contribution in [0.1, 0.15) is 52.5 Å². The molecule has 0 N–H and O–H groups in total. The third-order valence-corrected chi connectivity index (χ3v) is 4.40. The van der Waals surface area contributed by atoms with Crippen molar-refractivity contribution in [1.29, 1.82) is 0 Å². The molecule has 0 aliphatic carbocycles. The van der Waals surface area contributed by atoms with E-state index in [1.165, 1.54) is 12.1 Å². The molecule has 6 heteroatoms. The molecule has 1 aromatic carbocycles. The Hall–Kier alpha value is -2.11. The predicted molar refractivity (Wildman–Crippen MR) is 98.1 cm³/mol. The van der Waals surface area contributed by atoms with Gasteiger partial charge in [-0.15, -0.1) is 0 Å². The maximum Gasteiger partial charge on any atom is 0.410 e. The summed E-state index contributed by atoms with van der Waals surface area (Å²) in [6, 6.07) is 5.64. The largest absolute Gasteiger partial charge is 0.444 e. The summed E-state index contributed by atoms with van der Waals surface area (Å²) in [7, 11) is 0. The van der Waals surface area contributed by atoms with E-state index in [0.29, 0.717) is 26.1 Å². The molecule has 0 spiro atoms. The lowest BCUT2D eigenvalue weighted by molar-refractivity contribution is -0.138. The number of carbonyl (C=O) groups excluding carboxylic acids is 2. The number of carbonyl (C=O) groups is 2. The van der Waals surface area contributed by atoms with Crippen LogP contribution in [-0.4, -0.2) is 46.5 Å². The monoisotopic (exact) mass is 364 g/mol.